The van der Waals surface area contributed by atoms with Gasteiger partial charge in [-0.3, -0.25) is 0 Å². The zero-order chi connectivity index (χ0) is 13.6. The summed E-state index contributed by atoms with van der Waals surface area (Å²) in [4.78, 5) is 0. The van der Waals surface area contributed by atoms with E-state index in [-0.39, 0.29) is 30.2 Å². The van der Waals surface area contributed by atoms with Gasteiger partial charge >= 0.3 is 121 Å². The number of hydrogen-bond donors (Lipinski definition) is 0. The Balaban J connectivity index is 0. The molecule has 1 aliphatic rings. The minimum Gasteiger partial charge on any atom is -0.147 e. The largest absolute Gasteiger partial charge is 0.147 e. The second-order valence-corrected chi connectivity index (χ2v) is 11.5. The molecule has 19 heavy (non-hydrogen) atoms. The Morgan fingerprint density at radius 1 is 0.842 bits per heavy atom. The van der Waals surface area contributed by atoms with E-state index in [4.69, 9.17) is 0 Å². The molecular formula is C15H29Cl2SiTi. The summed E-state index contributed by atoms with van der Waals surface area (Å²) in [7, 11) is -0.691. The number of allylic oxidation sites excluding steroid dienone is 4. The Kier molecular flexibility index (Phi) is 8.57. The Bertz CT molecular complexity index is 382. The topological polar surface area (TPSA) is 0 Å². The molecule has 0 fully saturated rings. The van der Waals surface area contributed by atoms with Crippen LogP contribution in [0.3, 0.4) is 0 Å². The van der Waals surface area contributed by atoms with Crippen molar-refractivity contribution in [3.05, 3.63) is 20.2 Å². The molecule has 0 spiro atoms. The van der Waals surface area contributed by atoms with E-state index in [1.807, 2.05) is 0 Å². The summed E-state index contributed by atoms with van der Waals surface area (Å²) in [6, 6.07) is 0. The second kappa shape index (κ2) is 7.31. The van der Waals surface area contributed by atoms with E-state index in [1.54, 1.807) is 20.2 Å². The van der Waals surface area contributed by atoms with Gasteiger partial charge in [0.05, 0.1) is 0 Å². The third-order valence-corrected chi connectivity index (χ3v) is 5.99. The smallest absolute Gasteiger partial charge is 0.147 e. The molecule has 0 atom stereocenters. The zero-order valence-electron chi connectivity index (χ0n) is 13.6. The summed E-state index contributed by atoms with van der Waals surface area (Å²) < 4.78 is 1.62. The van der Waals surface area contributed by atoms with Crippen molar-refractivity contribution in [3.8, 4) is 0 Å². The van der Waals surface area contributed by atoms with E-state index >= 15 is 0 Å². The van der Waals surface area contributed by atoms with Crippen molar-refractivity contribution >= 4 is 33.6 Å². The van der Waals surface area contributed by atoms with Crippen LogP contribution in [0.15, 0.2) is 20.2 Å². The molecule has 1 aliphatic carbocycles. The van der Waals surface area contributed by atoms with Gasteiger partial charge in [0.1, 0.15) is 0 Å². The van der Waals surface area contributed by atoms with Crippen molar-refractivity contribution in [1.29, 1.82) is 0 Å². The summed E-state index contributed by atoms with van der Waals surface area (Å²) in [6.07, 6.45) is 1.25. The Morgan fingerprint density at radius 2 is 1.21 bits per heavy atom. The van der Waals surface area contributed by atoms with Crippen molar-refractivity contribution in [2.24, 2.45) is 10.8 Å². The number of hydrogen-bond acceptors (Lipinski definition) is 0. The number of halogens is 2. The van der Waals surface area contributed by atoms with E-state index < -0.39 is 8.80 Å². The van der Waals surface area contributed by atoms with Crippen molar-refractivity contribution in [3.63, 3.8) is 0 Å². The fraction of sp³-hybridized carbons (Fsp3) is 0.733. The fourth-order valence-electron chi connectivity index (χ4n) is 2.86. The molecule has 0 aromatic rings. The first-order valence-electron chi connectivity index (χ1n) is 6.65. The minimum atomic E-state index is -0.691. The van der Waals surface area contributed by atoms with Gasteiger partial charge in [-0.15, -0.1) is 24.8 Å². The third kappa shape index (κ3) is 5.04. The molecular weight excluding hydrogens is 327 g/mol. The molecule has 0 amide bonds. The molecule has 4 heteroatoms. The van der Waals surface area contributed by atoms with Crippen LogP contribution in [0.5, 0.6) is 0 Å². The van der Waals surface area contributed by atoms with Gasteiger partial charge in [-0.2, -0.15) is 0 Å². The van der Waals surface area contributed by atoms with Gasteiger partial charge in [-0.05, 0) is 0 Å². The molecule has 0 bridgehead atoms. The van der Waals surface area contributed by atoms with Crippen molar-refractivity contribution < 1.29 is 20.4 Å². The van der Waals surface area contributed by atoms with E-state index in [0.717, 1.165) is 0 Å². The molecule has 0 aliphatic heterocycles. The molecule has 1 rings (SSSR count). The van der Waals surface area contributed by atoms with Gasteiger partial charge in [0.2, 0.25) is 0 Å². The summed E-state index contributed by atoms with van der Waals surface area (Å²) in [5.41, 5.74) is 3.94. The van der Waals surface area contributed by atoms with Gasteiger partial charge in [0.15, 0.2) is 0 Å². The SMILES string of the molecule is C[SiH](C)C1=C(C(C)(C)C)C(C(C)(C)C)=[C]([Ti])C1.Cl.Cl. The average Bonchev–Trinajstić information content (AvgIpc) is 2.40. The van der Waals surface area contributed by atoms with E-state index in [2.05, 4.69) is 75.1 Å². The van der Waals surface area contributed by atoms with Crippen LogP contribution in [0.25, 0.3) is 0 Å². The van der Waals surface area contributed by atoms with Crippen LogP contribution in [0.4, 0.5) is 0 Å². The Morgan fingerprint density at radius 3 is 1.47 bits per heavy atom. The molecule has 0 radical (unpaired) electrons. The van der Waals surface area contributed by atoms with Gasteiger partial charge in [0.25, 0.3) is 0 Å². The van der Waals surface area contributed by atoms with Crippen molar-refractivity contribution in [2.45, 2.75) is 61.1 Å². The quantitative estimate of drug-likeness (QED) is 0.548. The maximum atomic E-state index is 2.47. The summed E-state index contributed by atoms with van der Waals surface area (Å²) in [5, 5.41) is 1.81. The van der Waals surface area contributed by atoms with Crippen LogP contribution in [0, 0.1) is 10.8 Å². The molecule has 0 heterocycles. The fourth-order valence-corrected chi connectivity index (χ4v) is 6.02. The summed E-state index contributed by atoms with van der Waals surface area (Å²) in [6.45, 7) is 19.2. The molecule has 0 saturated heterocycles. The average molecular weight is 356 g/mol. The van der Waals surface area contributed by atoms with Crippen molar-refractivity contribution in [1.82, 2.24) is 0 Å². The Hall–Kier alpha value is 0.991. The molecule has 111 valence electrons. The normalized spacial score (nSPS) is 16.6. The van der Waals surface area contributed by atoms with Gasteiger partial charge < -0.3 is 0 Å². The van der Waals surface area contributed by atoms with Crippen molar-refractivity contribution in [2.75, 3.05) is 0 Å². The maximum Gasteiger partial charge on any atom is -0.147 e. The minimum absolute atomic E-state index is 0. The molecule has 0 unspecified atom stereocenters. The molecule has 0 N–H and O–H groups in total. The van der Waals surface area contributed by atoms with Crippen LogP contribution in [-0.4, -0.2) is 8.80 Å². The summed E-state index contributed by atoms with van der Waals surface area (Å²) in [5.74, 6) is 0. The van der Waals surface area contributed by atoms with Crippen LogP contribution < -0.4 is 0 Å². The van der Waals surface area contributed by atoms with Crippen LogP contribution in [-0.2, 0) is 20.4 Å². The molecule has 0 aromatic heterocycles. The second-order valence-electron chi connectivity index (χ2n) is 7.59. The zero-order valence-corrected chi connectivity index (χ0v) is 18.0. The first-order valence-corrected chi connectivity index (χ1v) is 10.3. The number of rotatable bonds is 1. The van der Waals surface area contributed by atoms with Crippen LogP contribution in [0.1, 0.15) is 48.0 Å². The first kappa shape index (κ1) is 22.3. The van der Waals surface area contributed by atoms with Gasteiger partial charge in [-0.25, -0.2) is 0 Å². The van der Waals surface area contributed by atoms with Crippen LogP contribution in [0.2, 0.25) is 13.1 Å². The Labute approximate surface area is 145 Å². The monoisotopic (exact) mass is 355 g/mol. The predicted molar refractivity (Wildman–Crippen MR) is 91.0 cm³/mol. The maximum absolute atomic E-state index is 2.47. The van der Waals surface area contributed by atoms with Gasteiger partial charge in [0, 0.05) is 0 Å². The molecule has 0 aromatic carbocycles. The standard InChI is InChI=1S/C15H27Si.2ClH.Ti/c1-14(2,3)11-9-10-12(16(7)8)13(11)15(4,5)6;;;/h16H,10H2,1-8H3;2*1H;. The van der Waals surface area contributed by atoms with Gasteiger partial charge in [-0.1, -0.05) is 0 Å². The van der Waals surface area contributed by atoms with E-state index in [9.17, 15) is 0 Å². The first-order chi connectivity index (χ1) is 7.46. The van der Waals surface area contributed by atoms with E-state index in [0.29, 0.717) is 5.41 Å². The van der Waals surface area contributed by atoms with E-state index in [1.165, 1.54) is 6.42 Å². The predicted octanol–water partition coefficient (Wildman–Crippen LogP) is 5.45. The molecule has 0 nitrogen and oxygen atoms in total. The third-order valence-electron chi connectivity index (χ3n) is 3.44. The van der Waals surface area contributed by atoms with Crippen LogP contribution >= 0.6 is 24.8 Å². The summed E-state index contributed by atoms with van der Waals surface area (Å²) >= 11 is 2.34. The molecule has 0 saturated carbocycles.